The van der Waals surface area contributed by atoms with Crippen molar-refractivity contribution < 1.29 is 19.1 Å². The number of amides is 1. The SMILES string of the molecule is COC(=O)Cc1ccc(NC(=O)[C@H](C)Oc2ccc(Cl)cc2Br)cc1. The van der Waals surface area contributed by atoms with Gasteiger partial charge in [0.2, 0.25) is 0 Å². The minimum Gasteiger partial charge on any atom is -0.480 e. The van der Waals surface area contributed by atoms with Crippen molar-refractivity contribution in [3.63, 3.8) is 0 Å². The molecule has 0 unspecified atom stereocenters. The van der Waals surface area contributed by atoms with E-state index in [2.05, 4.69) is 26.0 Å². The maximum Gasteiger partial charge on any atom is 0.309 e. The van der Waals surface area contributed by atoms with Gasteiger partial charge in [-0.05, 0) is 58.7 Å². The molecule has 0 bridgehead atoms. The zero-order chi connectivity index (χ0) is 18.4. The van der Waals surface area contributed by atoms with E-state index in [9.17, 15) is 9.59 Å². The third-order valence-corrected chi connectivity index (χ3v) is 4.22. The fourth-order valence-corrected chi connectivity index (χ4v) is 2.78. The second-order valence-corrected chi connectivity index (χ2v) is 6.56. The molecule has 7 heteroatoms. The van der Waals surface area contributed by atoms with Crippen LogP contribution in [0.4, 0.5) is 5.69 Å². The molecule has 2 aromatic rings. The van der Waals surface area contributed by atoms with Crippen LogP contribution in [0.1, 0.15) is 12.5 Å². The number of methoxy groups -OCH3 is 1. The second-order valence-electron chi connectivity index (χ2n) is 5.27. The van der Waals surface area contributed by atoms with E-state index in [0.29, 0.717) is 20.9 Å². The summed E-state index contributed by atoms with van der Waals surface area (Å²) in [5.74, 6) is -0.0737. The van der Waals surface area contributed by atoms with Gasteiger partial charge in [-0.2, -0.15) is 0 Å². The van der Waals surface area contributed by atoms with Crippen LogP contribution in [0.25, 0.3) is 0 Å². The summed E-state index contributed by atoms with van der Waals surface area (Å²) in [5, 5.41) is 3.34. The van der Waals surface area contributed by atoms with Crippen LogP contribution in [-0.4, -0.2) is 25.1 Å². The van der Waals surface area contributed by atoms with Gasteiger partial charge in [-0.25, -0.2) is 0 Å². The number of benzene rings is 2. The van der Waals surface area contributed by atoms with E-state index in [-0.39, 0.29) is 18.3 Å². The summed E-state index contributed by atoms with van der Waals surface area (Å²) in [4.78, 5) is 23.5. The highest BCUT2D eigenvalue weighted by Crippen LogP contribution is 2.28. The first-order valence-electron chi connectivity index (χ1n) is 7.47. The largest absolute Gasteiger partial charge is 0.480 e. The molecule has 0 saturated carbocycles. The van der Waals surface area contributed by atoms with Crippen molar-refractivity contribution in [1.82, 2.24) is 0 Å². The Balaban J connectivity index is 1.95. The number of nitrogens with one attached hydrogen (secondary N) is 1. The molecular weight excluding hydrogens is 410 g/mol. The molecule has 25 heavy (non-hydrogen) atoms. The number of hydrogen-bond donors (Lipinski definition) is 1. The Hall–Kier alpha value is -2.05. The third-order valence-electron chi connectivity index (χ3n) is 3.36. The van der Waals surface area contributed by atoms with Crippen LogP contribution in [0.15, 0.2) is 46.9 Å². The average molecular weight is 427 g/mol. The summed E-state index contributed by atoms with van der Waals surface area (Å²) in [5.41, 5.74) is 1.42. The summed E-state index contributed by atoms with van der Waals surface area (Å²) in [6.45, 7) is 1.65. The van der Waals surface area contributed by atoms with E-state index in [1.807, 2.05) is 0 Å². The molecule has 1 amide bonds. The highest BCUT2D eigenvalue weighted by molar-refractivity contribution is 9.10. The third kappa shape index (κ3) is 5.76. The lowest BCUT2D eigenvalue weighted by Crippen LogP contribution is -2.30. The predicted molar refractivity (Wildman–Crippen MR) is 100 cm³/mol. The summed E-state index contributed by atoms with van der Waals surface area (Å²) in [6.07, 6.45) is -0.512. The maximum atomic E-state index is 12.3. The van der Waals surface area contributed by atoms with Crippen LogP contribution in [0, 0.1) is 0 Å². The number of esters is 1. The van der Waals surface area contributed by atoms with Gasteiger partial charge < -0.3 is 14.8 Å². The average Bonchev–Trinajstić information content (AvgIpc) is 2.58. The van der Waals surface area contributed by atoms with Crippen LogP contribution in [0.2, 0.25) is 5.02 Å². The van der Waals surface area contributed by atoms with E-state index < -0.39 is 6.10 Å². The van der Waals surface area contributed by atoms with Gasteiger partial charge in [0.25, 0.3) is 5.91 Å². The van der Waals surface area contributed by atoms with Crippen molar-refractivity contribution >= 4 is 45.1 Å². The summed E-state index contributed by atoms with van der Waals surface area (Å²) in [7, 11) is 1.34. The standard InChI is InChI=1S/C18H17BrClNO4/c1-11(25-16-8-5-13(20)10-15(16)19)18(23)21-14-6-3-12(4-7-14)9-17(22)24-2/h3-8,10-11H,9H2,1-2H3,(H,21,23)/t11-/m0/s1. The molecule has 0 spiro atoms. The molecule has 0 aliphatic carbocycles. The molecule has 1 atom stereocenters. The molecule has 132 valence electrons. The molecule has 0 radical (unpaired) electrons. The minimum atomic E-state index is -0.702. The van der Waals surface area contributed by atoms with Gasteiger partial charge in [-0.1, -0.05) is 23.7 Å². The normalized spacial score (nSPS) is 11.5. The Kier molecular flexibility index (Phi) is 6.84. The first-order valence-corrected chi connectivity index (χ1v) is 8.64. The quantitative estimate of drug-likeness (QED) is 0.702. The molecular formula is C18H17BrClNO4. The predicted octanol–water partition coefficient (Wildman–Crippen LogP) is 4.22. The van der Waals surface area contributed by atoms with Gasteiger partial charge in [0.1, 0.15) is 5.75 Å². The Morgan fingerprint density at radius 2 is 1.88 bits per heavy atom. The van der Waals surface area contributed by atoms with Crippen molar-refractivity contribution in [1.29, 1.82) is 0 Å². The van der Waals surface area contributed by atoms with Crippen LogP contribution < -0.4 is 10.1 Å². The molecule has 5 nitrogen and oxygen atoms in total. The highest BCUT2D eigenvalue weighted by Gasteiger charge is 2.16. The molecule has 0 aliphatic rings. The fraction of sp³-hybridized carbons (Fsp3) is 0.222. The number of ether oxygens (including phenoxy) is 2. The molecule has 0 aromatic heterocycles. The van der Waals surface area contributed by atoms with E-state index in [1.54, 1.807) is 49.4 Å². The smallest absolute Gasteiger partial charge is 0.309 e. The Morgan fingerprint density at radius 3 is 2.48 bits per heavy atom. The number of carbonyl (C=O) groups excluding carboxylic acids is 2. The Labute approximate surface area is 159 Å². The van der Waals surface area contributed by atoms with Gasteiger partial charge in [-0.3, -0.25) is 9.59 Å². The monoisotopic (exact) mass is 425 g/mol. The lowest BCUT2D eigenvalue weighted by atomic mass is 10.1. The second kappa shape index (κ2) is 8.87. The highest BCUT2D eigenvalue weighted by atomic mass is 79.9. The van der Waals surface area contributed by atoms with Crippen molar-refractivity contribution in [2.75, 3.05) is 12.4 Å². The zero-order valence-electron chi connectivity index (χ0n) is 13.7. The van der Waals surface area contributed by atoms with Gasteiger partial charge >= 0.3 is 5.97 Å². The Morgan fingerprint density at radius 1 is 1.20 bits per heavy atom. The maximum absolute atomic E-state index is 12.3. The molecule has 0 aliphatic heterocycles. The molecule has 0 heterocycles. The minimum absolute atomic E-state index is 0.189. The fourth-order valence-electron chi connectivity index (χ4n) is 2.00. The van der Waals surface area contributed by atoms with Crippen LogP contribution in [0.3, 0.4) is 0 Å². The molecule has 0 saturated heterocycles. The molecule has 0 fully saturated rings. The number of anilines is 1. The number of hydrogen-bond acceptors (Lipinski definition) is 4. The number of rotatable bonds is 6. The zero-order valence-corrected chi connectivity index (χ0v) is 16.1. The van der Waals surface area contributed by atoms with Crippen LogP contribution in [0.5, 0.6) is 5.75 Å². The first-order chi connectivity index (χ1) is 11.9. The van der Waals surface area contributed by atoms with Gasteiger partial charge in [-0.15, -0.1) is 0 Å². The van der Waals surface area contributed by atoms with Crippen LogP contribution >= 0.6 is 27.5 Å². The van der Waals surface area contributed by atoms with Gasteiger partial charge in [0, 0.05) is 10.7 Å². The molecule has 1 N–H and O–H groups in total. The topological polar surface area (TPSA) is 64.6 Å². The van der Waals surface area contributed by atoms with Crippen molar-refractivity contribution in [3.8, 4) is 5.75 Å². The van der Waals surface area contributed by atoms with Gasteiger partial charge in [0.05, 0.1) is 18.0 Å². The lowest BCUT2D eigenvalue weighted by Gasteiger charge is -2.16. The first kappa shape index (κ1) is 19.3. The summed E-state index contributed by atoms with van der Waals surface area (Å²) >= 11 is 9.23. The van der Waals surface area contributed by atoms with Crippen molar-refractivity contribution in [2.24, 2.45) is 0 Å². The van der Waals surface area contributed by atoms with Crippen molar-refractivity contribution in [2.45, 2.75) is 19.4 Å². The van der Waals surface area contributed by atoms with Gasteiger partial charge in [0.15, 0.2) is 6.10 Å². The molecule has 2 aromatic carbocycles. The lowest BCUT2D eigenvalue weighted by molar-refractivity contribution is -0.139. The van der Waals surface area contributed by atoms with E-state index in [4.69, 9.17) is 16.3 Å². The van der Waals surface area contributed by atoms with Crippen molar-refractivity contribution in [3.05, 3.63) is 57.5 Å². The van der Waals surface area contributed by atoms with Crippen LogP contribution in [-0.2, 0) is 20.7 Å². The number of halogens is 2. The van der Waals surface area contributed by atoms with E-state index >= 15 is 0 Å². The number of carbonyl (C=O) groups is 2. The van der Waals surface area contributed by atoms with E-state index in [1.165, 1.54) is 7.11 Å². The summed E-state index contributed by atoms with van der Waals surface area (Å²) < 4.78 is 10.9. The van der Waals surface area contributed by atoms with E-state index in [0.717, 1.165) is 5.56 Å². The summed E-state index contributed by atoms with van der Waals surface area (Å²) in [6, 6.07) is 12.0. The molecule has 2 rings (SSSR count). The Bertz CT molecular complexity index is 764.